The second kappa shape index (κ2) is 4.67. The van der Waals surface area contributed by atoms with Gasteiger partial charge in [0.1, 0.15) is 0 Å². The van der Waals surface area contributed by atoms with Crippen LogP contribution in [0, 0.1) is 5.92 Å². The third kappa shape index (κ3) is 1.68. The predicted octanol–water partition coefficient (Wildman–Crippen LogP) is 4.22. The van der Waals surface area contributed by atoms with Gasteiger partial charge in [-0.3, -0.25) is 9.98 Å². The zero-order valence-electron chi connectivity index (χ0n) is 12.6. The third-order valence-corrected chi connectivity index (χ3v) is 5.26. The molecule has 3 nitrogen and oxygen atoms in total. The molecule has 3 heteroatoms. The lowest BCUT2D eigenvalue weighted by molar-refractivity contribution is 0.510. The van der Waals surface area contributed by atoms with Gasteiger partial charge in [0.05, 0.1) is 16.9 Å². The summed E-state index contributed by atoms with van der Waals surface area (Å²) in [6.07, 6.45) is 8.17. The summed E-state index contributed by atoms with van der Waals surface area (Å²) in [6, 6.07) is 8.51. The molecule has 1 aromatic carbocycles. The number of hydrogen-bond acceptors (Lipinski definition) is 3. The van der Waals surface area contributed by atoms with Gasteiger partial charge in [-0.1, -0.05) is 6.42 Å². The smallest absolute Gasteiger partial charge is 0.0806 e. The van der Waals surface area contributed by atoms with Gasteiger partial charge in [0.2, 0.25) is 0 Å². The fourth-order valence-corrected chi connectivity index (χ4v) is 4.21. The number of hydrogen-bond donors (Lipinski definition) is 1. The van der Waals surface area contributed by atoms with Crippen LogP contribution in [0.15, 0.2) is 41.2 Å². The summed E-state index contributed by atoms with van der Waals surface area (Å²) in [7, 11) is 0. The highest BCUT2D eigenvalue weighted by molar-refractivity contribution is 6.32. The largest absolute Gasteiger partial charge is 0.388 e. The predicted molar refractivity (Wildman–Crippen MR) is 90.3 cm³/mol. The van der Waals surface area contributed by atoms with Crippen molar-refractivity contribution in [1.82, 2.24) is 10.3 Å². The quantitative estimate of drug-likeness (QED) is 0.788. The van der Waals surface area contributed by atoms with Crippen LogP contribution in [0.25, 0.3) is 16.5 Å². The van der Waals surface area contributed by atoms with Gasteiger partial charge < -0.3 is 5.32 Å². The van der Waals surface area contributed by atoms with E-state index in [0.717, 1.165) is 24.2 Å². The SMILES string of the molecule is c1cnc2ccc3c(c2c1)N=C1CCC2CCCCNC2=C13. The van der Waals surface area contributed by atoms with E-state index in [1.807, 2.05) is 12.3 Å². The van der Waals surface area contributed by atoms with Crippen molar-refractivity contribution in [1.29, 1.82) is 0 Å². The molecule has 1 N–H and O–H groups in total. The van der Waals surface area contributed by atoms with Gasteiger partial charge in [-0.05, 0) is 55.9 Å². The monoisotopic (exact) mass is 289 g/mol. The maximum Gasteiger partial charge on any atom is 0.0806 e. The molecule has 1 aromatic heterocycles. The highest BCUT2D eigenvalue weighted by Crippen LogP contribution is 2.46. The van der Waals surface area contributed by atoms with Crippen molar-refractivity contribution in [3.05, 3.63) is 41.7 Å². The van der Waals surface area contributed by atoms with Crippen molar-refractivity contribution in [3.63, 3.8) is 0 Å². The van der Waals surface area contributed by atoms with Crippen molar-refractivity contribution in [2.75, 3.05) is 6.54 Å². The Morgan fingerprint density at radius 2 is 2.09 bits per heavy atom. The van der Waals surface area contributed by atoms with E-state index >= 15 is 0 Å². The van der Waals surface area contributed by atoms with E-state index in [-0.39, 0.29) is 0 Å². The highest BCUT2D eigenvalue weighted by Gasteiger charge is 2.33. The number of aliphatic imine (C=N–C) groups is 1. The number of rotatable bonds is 0. The van der Waals surface area contributed by atoms with Crippen molar-refractivity contribution >= 4 is 27.9 Å². The van der Waals surface area contributed by atoms with Crippen LogP contribution in [-0.4, -0.2) is 17.2 Å². The van der Waals surface area contributed by atoms with Crippen molar-refractivity contribution < 1.29 is 0 Å². The first-order chi connectivity index (χ1) is 10.9. The first-order valence-electron chi connectivity index (χ1n) is 8.36. The molecule has 0 saturated carbocycles. The van der Waals surface area contributed by atoms with E-state index in [9.17, 15) is 0 Å². The molecule has 110 valence electrons. The summed E-state index contributed by atoms with van der Waals surface area (Å²) >= 11 is 0. The molecule has 1 saturated heterocycles. The van der Waals surface area contributed by atoms with Crippen LogP contribution >= 0.6 is 0 Å². The van der Waals surface area contributed by atoms with Gasteiger partial charge in [0.15, 0.2) is 0 Å². The molecule has 0 spiro atoms. The average molecular weight is 289 g/mol. The molecule has 2 aliphatic heterocycles. The Hall–Kier alpha value is -2.16. The molecule has 5 rings (SSSR count). The van der Waals surface area contributed by atoms with Gasteiger partial charge in [0.25, 0.3) is 0 Å². The summed E-state index contributed by atoms with van der Waals surface area (Å²) in [6.45, 7) is 1.10. The third-order valence-electron chi connectivity index (χ3n) is 5.26. The minimum absolute atomic E-state index is 0.701. The molecule has 1 atom stereocenters. The summed E-state index contributed by atoms with van der Waals surface area (Å²) in [5.74, 6) is 0.701. The first kappa shape index (κ1) is 12.4. The Bertz CT molecular complexity index is 832. The average Bonchev–Trinajstić information content (AvgIpc) is 2.78. The van der Waals surface area contributed by atoms with Crippen molar-refractivity contribution in [3.8, 4) is 0 Å². The lowest BCUT2D eigenvalue weighted by atomic mass is 9.82. The normalized spacial score (nSPS) is 23.3. The lowest BCUT2D eigenvalue weighted by Crippen LogP contribution is -2.26. The zero-order valence-corrected chi connectivity index (χ0v) is 12.6. The van der Waals surface area contributed by atoms with Crippen LogP contribution in [0.5, 0.6) is 0 Å². The molecule has 1 unspecified atom stereocenters. The van der Waals surface area contributed by atoms with Crippen LogP contribution < -0.4 is 5.32 Å². The first-order valence-corrected chi connectivity index (χ1v) is 8.36. The topological polar surface area (TPSA) is 37.3 Å². The second-order valence-electron chi connectivity index (χ2n) is 6.54. The second-order valence-corrected chi connectivity index (χ2v) is 6.54. The standard InChI is InChI=1S/C19H19N3/c1-2-10-21-18-12(4-1)6-8-16-17(18)14-7-9-15-13(19(14)22-16)5-3-11-20-15/h3,5,7,9,11-12,21H,1-2,4,6,8,10H2. The van der Waals surface area contributed by atoms with E-state index in [0.29, 0.717) is 5.92 Å². The van der Waals surface area contributed by atoms with Crippen LogP contribution in [0.3, 0.4) is 0 Å². The van der Waals surface area contributed by atoms with E-state index < -0.39 is 0 Å². The fraction of sp³-hybridized carbons (Fsp3) is 0.368. The van der Waals surface area contributed by atoms with Crippen LogP contribution in [0.1, 0.15) is 37.7 Å². The van der Waals surface area contributed by atoms with E-state index in [1.54, 1.807) is 0 Å². The molecular formula is C19H19N3. The van der Waals surface area contributed by atoms with Crippen LogP contribution in [0.2, 0.25) is 0 Å². The number of nitrogens with zero attached hydrogens (tertiary/aromatic N) is 2. The fourth-order valence-electron chi connectivity index (χ4n) is 4.21. The summed E-state index contributed by atoms with van der Waals surface area (Å²) in [5.41, 5.74) is 7.63. The van der Waals surface area contributed by atoms with Gasteiger partial charge >= 0.3 is 0 Å². The Morgan fingerprint density at radius 3 is 3.09 bits per heavy atom. The molecule has 0 bridgehead atoms. The Balaban J connectivity index is 1.78. The lowest BCUT2D eigenvalue weighted by Gasteiger charge is -2.27. The molecular weight excluding hydrogens is 270 g/mol. The van der Waals surface area contributed by atoms with Gasteiger partial charge in [-0.2, -0.15) is 0 Å². The summed E-state index contributed by atoms with van der Waals surface area (Å²) < 4.78 is 0. The number of aromatic nitrogens is 1. The number of allylic oxidation sites excluding steroid dienone is 2. The van der Waals surface area contributed by atoms with Crippen molar-refractivity contribution in [2.45, 2.75) is 32.1 Å². The van der Waals surface area contributed by atoms with Gasteiger partial charge in [-0.25, -0.2) is 0 Å². The number of benzene rings is 1. The van der Waals surface area contributed by atoms with E-state index in [1.165, 1.54) is 53.6 Å². The Morgan fingerprint density at radius 1 is 1.09 bits per heavy atom. The summed E-state index contributed by atoms with van der Waals surface area (Å²) in [4.78, 5) is 9.47. The Kier molecular flexibility index (Phi) is 2.63. The molecule has 0 radical (unpaired) electrons. The minimum atomic E-state index is 0.701. The molecule has 22 heavy (non-hydrogen) atoms. The van der Waals surface area contributed by atoms with E-state index in [2.05, 4.69) is 28.5 Å². The van der Waals surface area contributed by atoms with Gasteiger partial charge in [-0.15, -0.1) is 0 Å². The number of nitrogens with one attached hydrogen (secondary N) is 1. The molecule has 1 fully saturated rings. The maximum absolute atomic E-state index is 5.00. The molecule has 2 aromatic rings. The van der Waals surface area contributed by atoms with Crippen molar-refractivity contribution in [2.24, 2.45) is 10.9 Å². The molecule has 3 heterocycles. The molecule has 3 aliphatic rings. The van der Waals surface area contributed by atoms with Crippen LogP contribution in [-0.2, 0) is 0 Å². The zero-order chi connectivity index (χ0) is 14.5. The molecule has 0 amide bonds. The minimum Gasteiger partial charge on any atom is -0.388 e. The molecule has 1 aliphatic carbocycles. The number of pyridine rings is 1. The summed E-state index contributed by atoms with van der Waals surface area (Å²) in [5, 5.41) is 4.91. The Labute approximate surface area is 130 Å². The van der Waals surface area contributed by atoms with E-state index in [4.69, 9.17) is 4.99 Å². The number of fused-ring (bicyclic) bond motifs is 6. The maximum atomic E-state index is 5.00. The van der Waals surface area contributed by atoms with Gasteiger partial charge in [0, 0.05) is 35.0 Å². The highest BCUT2D eigenvalue weighted by atomic mass is 14.9. The van der Waals surface area contributed by atoms with Crippen LogP contribution in [0.4, 0.5) is 5.69 Å².